The lowest BCUT2D eigenvalue weighted by molar-refractivity contribution is 0.114. The van der Waals surface area contributed by atoms with Crippen molar-refractivity contribution in [3.8, 4) is 5.88 Å². The van der Waals surface area contributed by atoms with Crippen LogP contribution in [-0.2, 0) is 20.1 Å². The Balaban J connectivity index is 1.90. The maximum absolute atomic E-state index is 13.1. The highest BCUT2D eigenvalue weighted by molar-refractivity contribution is 5.96. The van der Waals surface area contributed by atoms with Crippen LogP contribution in [0.2, 0.25) is 0 Å². The van der Waals surface area contributed by atoms with E-state index in [9.17, 15) is 19.5 Å². The van der Waals surface area contributed by atoms with Gasteiger partial charge >= 0.3 is 5.69 Å². The second-order valence-corrected chi connectivity index (χ2v) is 8.56. The Morgan fingerprint density at radius 1 is 1.31 bits per heavy atom. The molecule has 0 spiro atoms. The molecule has 10 heteroatoms. The summed E-state index contributed by atoms with van der Waals surface area (Å²) in [7, 11) is 1.71. The minimum absolute atomic E-state index is 0.0581. The second-order valence-electron chi connectivity index (χ2n) is 8.56. The predicted molar refractivity (Wildman–Crippen MR) is 122 cm³/mol. The standard InChI is InChI=1S/C22H32N6O4/c1-4-5-8-27-20(30)18(19(23)24)21(31)28(22(27)32)16-7-10-26(14(2)11-16)13-15-6-9-25(3)17(29)12-15/h6,9,12,14,16,30H,4-5,7-8,10-11,13H2,1-3H3,(H3,23,24)/t14-,16-/m1/s1. The number of aromatic nitrogens is 3. The molecule has 0 amide bonds. The van der Waals surface area contributed by atoms with Crippen molar-refractivity contribution in [3.05, 3.63) is 60.6 Å². The van der Waals surface area contributed by atoms with Gasteiger partial charge in [-0.3, -0.25) is 29.0 Å². The van der Waals surface area contributed by atoms with Gasteiger partial charge in [-0.1, -0.05) is 13.3 Å². The summed E-state index contributed by atoms with van der Waals surface area (Å²) in [4.78, 5) is 40.3. The Bertz CT molecular complexity index is 1180. The number of unbranched alkanes of at least 4 members (excludes halogenated alkanes) is 1. The molecule has 32 heavy (non-hydrogen) atoms. The van der Waals surface area contributed by atoms with E-state index in [2.05, 4.69) is 4.90 Å². The van der Waals surface area contributed by atoms with Gasteiger partial charge in [0.05, 0.1) is 0 Å². The third-order valence-corrected chi connectivity index (χ3v) is 6.26. The highest BCUT2D eigenvalue weighted by Crippen LogP contribution is 2.27. The number of nitrogens with one attached hydrogen (secondary N) is 1. The van der Waals surface area contributed by atoms with Crippen molar-refractivity contribution in [2.45, 2.75) is 64.7 Å². The first-order valence-corrected chi connectivity index (χ1v) is 11.0. The van der Waals surface area contributed by atoms with Gasteiger partial charge in [-0.15, -0.1) is 0 Å². The number of likely N-dealkylation sites (tertiary alicyclic amines) is 1. The fourth-order valence-corrected chi connectivity index (χ4v) is 4.32. The summed E-state index contributed by atoms with van der Waals surface area (Å²) >= 11 is 0. The predicted octanol–water partition coefficient (Wildman–Crippen LogP) is 0.724. The summed E-state index contributed by atoms with van der Waals surface area (Å²) in [5.74, 6) is -1.09. The molecule has 174 valence electrons. The fourth-order valence-electron chi connectivity index (χ4n) is 4.32. The maximum Gasteiger partial charge on any atom is 0.334 e. The number of amidine groups is 1. The zero-order valence-electron chi connectivity index (χ0n) is 18.9. The first-order chi connectivity index (χ1) is 15.1. The molecule has 1 fully saturated rings. The van der Waals surface area contributed by atoms with Crippen molar-refractivity contribution in [3.63, 3.8) is 0 Å². The van der Waals surface area contributed by atoms with Crippen LogP contribution in [0.15, 0.2) is 32.7 Å². The van der Waals surface area contributed by atoms with E-state index in [1.165, 1.54) is 4.57 Å². The van der Waals surface area contributed by atoms with Crippen molar-refractivity contribution in [1.29, 1.82) is 5.41 Å². The molecule has 0 aliphatic carbocycles. The molecule has 2 aromatic rings. The summed E-state index contributed by atoms with van der Waals surface area (Å²) in [5, 5.41) is 18.2. The Morgan fingerprint density at radius 2 is 2.03 bits per heavy atom. The van der Waals surface area contributed by atoms with Gasteiger partial charge in [0.1, 0.15) is 11.4 Å². The molecule has 0 unspecified atom stereocenters. The number of aryl methyl sites for hydroxylation is 1. The number of hydrogen-bond acceptors (Lipinski definition) is 6. The molecular weight excluding hydrogens is 412 g/mol. The van der Waals surface area contributed by atoms with Gasteiger partial charge in [0.15, 0.2) is 0 Å². The Labute approximate surface area is 186 Å². The molecule has 10 nitrogen and oxygen atoms in total. The number of nitrogens with zero attached hydrogens (tertiary/aromatic N) is 4. The lowest BCUT2D eigenvalue weighted by Gasteiger charge is -2.38. The van der Waals surface area contributed by atoms with Crippen LogP contribution in [0.1, 0.15) is 56.7 Å². The average molecular weight is 445 g/mol. The molecule has 1 aliphatic heterocycles. The van der Waals surface area contributed by atoms with Crippen LogP contribution >= 0.6 is 0 Å². The first kappa shape index (κ1) is 23.5. The summed E-state index contributed by atoms with van der Waals surface area (Å²) in [6.45, 7) is 5.48. The molecule has 1 aliphatic rings. The van der Waals surface area contributed by atoms with Crippen LogP contribution in [-0.4, -0.2) is 42.1 Å². The molecule has 0 saturated carbocycles. The summed E-state index contributed by atoms with van der Waals surface area (Å²) < 4.78 is 3.84. The van der Waals surface area contributed by atoms with Crippen molar-refractivity contribution in [2.24, 2.45) is 12.8 Å². The summed E-state index contributed by atoms with van der Waals surface area (Å²) in [5.41, 5.74) is 4.82. The molecule has 0 aromatic carbocycles. The zero-order chi connectivity index (χ0) is 23.6. The van der Waals surface area contributed by atoms with Gasteiger partial charge in [0.2, 0.25) is 5.88 Å². The Hall–Kier alpha value is -3.14. The average Bonchev–Trinajstić information content (AvgIpc) is 2.72. The molecule has 0 bridgehead atoms. The second kappa shape index (κ2) is 9.56. The van der Waals surface area contributed by atoms with E-state index in [0.29, 0.717) is 32.4 Å². The van der Waals surface area contributed by atoms with Crippen LogP contribution in [0.3, 0.4) is 0 Å². The van der Waals surface area contributed by atoms with E-state index in [0.717, 1.165) is 21.1 Å². The molecule has 2 atom stereocenters. The monoisotopic (exact) mass is 444 g/mol. The van der Waals surface area contributed by atoms with E-state index >= 15 is 0 Å². The lowest BCUT2D eigenvalue weighted by Crippen LogP contribution is -2.49. The molecule has 2 aromatic heterocycles. The number of pyridine rings is 1. The normalized spacial score (nSPS) is 19.2. The quantitative estimate of drug-likeness (QED) is 0.425. The van der Waals surface area contributed by atoms with E-state index < -0.39 is 23.0 Å². The van der Waals surface area contributed by atoms with Gasteiger partial charge in [-0.2, -0.15) is 0 Å². The molecule has 4 N–H and O–H groups in total. The number of hydrogen-bond donors (Lipinski definition) is 3. The summed E-state index contributed by atoms with van der Waals surface area (Å²) in [6, 6.07) is 3.23. The van der Waals surface area contributed by atoms with Crippen molar-refractivity contribution < 1.29 is 5.11 Å². The lowest BCUT2D eigenvalue weighted by atomic mass is 9.97. The number of nitrogens with two attached hydrogens (primary N) is 1. The number of nitrogen functional groups attached to an aromatic ring is 1. The molecule has 0 radical (unpaired) electrons. The first-order valence-electron chi connectivity index (χ1n) is 11.0. The third-order valence-electron chi connectivity index (χ3n) is 6.26. The summed E-state index contributed by atoms with van der Waals surface area (Å²) in [6.07, 6.45) is 4.30. The molecule has 3 heterocycles. The highest BCUT2D eigenvalue weighted by atomic mass is 16.3. The minimum Gasteiger partial charge on any atom is -0.494 e. The van der Waals surface area contributed by atoms with E-state index in [4.69, 9.17) is 11.1 Å². The third kappa shape index (κ3) is 4.55. The number of rotatable bonds is 7. The fraction of sp³-hybridized carbons (Fsp3) is 0.545. The number of aromatic hydroxyl groups is 1. The maximum atomic E-state index is 13.1. The van der Waals surface area contributed by atoms with Crippen LogP contribution in [0.4, 0.5) is 0 Å². The minimum atomic E-state index is -0.718. The van der Waals surface area contributed by atoms with Crippen LogP contribution in [0, 0.1) is 5.41 Å². The van der Waals surface area contributed by atoms with Crippen LogP contribution in [0.5, 0.6) is 5.88 Å². The molecule has 1 saturated heterocycles. The van der Waals surface area contributed by atoms with Crippen LogP contribution < -0.4 is 22.5 Å². The van der Waals surface area contributed by atoms with Crippen molar-refractivity contribution in [1.82, 2.24) is 18.6 Å². The van der Waals surface area contributed by atoms with Gasteiger partial charge in [-0.05, 0) is 37.8 Å². The highest BCUT2D eigenvalue weighted by Gasteiger charge is 2.31. The largest absolute Gasteiger partial charge is 0.494 e. The van der Waals surface area contributed by atoms with Crippen molar-refractivity contribution in [2.75, 3.05) is 6.54 Å². The smallest absolute Gasteiger partial charge is 0.334 e. The van der Waals surface area contributed by atoms with E-state index in [-0.39, 0.29) is 29.8 Å². The van der Waals surface area contributed by atoms with E-state index in [1.807, 2.05) is 19.9 Å². The Kier molecular flexibility index (Phi) is 7.02. The van der Waals surface area contributed by atoms with Crippen molar-refractivity contribution >= 4 is 5.84 Å². The van der Waals surface area contributed by atoms with Gasteiger partial charge in [0.25, 0.3) is 11.1 Å². The van der Waals surface area contributed by atoms with Crippen LogP contribution in [0.25, 0.3) is 0 Å². The van der Waals surface area contributed by atoms with Gasteiger partial charge in [0, 0.05) is 51.0 Å². The SMILES string of the molecule is CCCCn1c(O)c(C(=N)N)c(=O)n([C@@H]2CCN(Cc3ccn(C)c(=O)c3)[C@H](C)C2)c1=O. The van der Waals surface area contributed by atoms with Gasteiger partial charge < -0.3 is 15.4 Å². The Morgan fingerprint density at radius 3 is 2.62 bits per heavy atom. The molecular formula is C22H32N6O4. The van der Waals surface area contributed by atoms with Gasteiger partial charge in [-0.25, -0.2) is 4.79 Å². The topological polar surface area (TPSA) is 139 Å². The zero-order valence-corrected chi connectivity index (χ0v) is 18.9. The molecule has 3 rings (SSSR count). The van der Waals surface area contributed by atoms with E-state index in [1.54, 1.807) is 19.3 Å². The number of piperidine rings is 1.